The maximum Gasteiger partial charge on any atom is 0.0992 e. The second-order valence-electron chi connectivity index (χ2n) is 4.71. The summed E-state index contributed by atoms with van der Waals surface area (Å²) in [6, 6.07) is 15.4. The van der Waals surface area contributed by atoms with Crippen molar-refractivity contribution in [3.8, 4) is 6.07 Å². The number of hydrogen-bond acceptors (Lipinski definition) is 3. The zero-order valence-electron chi connectivity index (χ0n) is 11.1. The van der Waals surface area contributed by atoms with E-state index in [1.807, 2.05) is 31.2 Å². The zero-order valence-corrected chi connectivity index (χ0v) is 11.1. The number of fused-ring (bicyclic) bond motifs is 1. The molecule has 2 aromatic carbocycles. The van der Waals surface area contributed by atoms with Gasteiger partial charge in [-0.05, 0) is 31.2 Å². The highest BCUT2D eigenvalue weighted by Gasteiger charge is 2.09. The Morgan fingerprint density at radius 1 is 1.20 bits per heavy atom. The Kier molecular flexibility index (Phi) is 2.81. The molecule has 1 heterocycles. The standard InChI is InChI=1S/C16H14N4/c1-10-16(12-4-2-3-5-14(12)19-10)20-15-8-11(9-17)6-7-13(15)18/h2-8,19-20H,18H2,1H3. The SMILES string of the molecule is Cc1[nH]c2ccccc2c1Nc1cc(C#N)ccc1N. The lowest BCUT2D eigenvalue weighted by Crippen LogP contribution is -1.97. The van der Waals surface area contributed by atoms with E-state index in [2.05, 4.69) is 16.4 Å². The van der Waals surface area contributed by atoms with Crippen LogP contribution in [0.15, 0.2) is 42.5 Å². The fourth-order valence-electron chi connectivity index (χ4n) is 2.31. The first-order valence-corrected chi connectivity index (χ1v) is 6.33. The van der Waals surface area contributed by atoms with Crippen LogP contribution in [0.5, 0.6) is 0 Å². The summed E-state index contributed by atoms with van der Waals surface area (Å²) in [6.07, 6.45) is 0. The van der Waals surface area contributed by atoms with Gasteiger partial charge < -0.3 is 16.0 Å². The first kappa shape index (κ1) is 12.1. The third-order valence-corrected chi connectivity index (χ3v) is 3.34. The number of nitrogens with zero attached hydrogens (tertiary/aromatic N) is 1. The minimum atomic E-state index is 0.583. The summed E-state index contributed by atoms with van der Waals surface area (Å²) in [7, 11) is 0. The zero-order chi connectivity index (χ0) is 14.1. The Bertz CT molecular complexity index is 824. The monoisotopic (exact) mass is 262 g/mol. The summed E-state index contributed by atoms with van der Waals surface area (Å²) in [5.41, 5.74) is 11.0. The van der Waals surface area contributed by atoms with Crippen LogP contribution >= 0.6 is 0 Å². The van der Waals surface area contributed by atoms with E-state index in [1.165, 1.54) is 0 Å². The predicted molar refractivity (Wildman–Crippen MR) is 81.9 cm³/mol. The van der Waals surface area contributed by atoms with Gasteiger partial charge >= 0.3 is 0 Å². The molecule has 0 fully saturated rings. The topological polar surface area (TPSA) is 77.6 Å². The minimum absolute atomic E-state index is 0.583. The van der Waals surface area contributed by atoms with Crippen molar-refractivity contribution >= 4 is 28.0 Å². The van der Waals surface area contributed by atoms with Crippen molar-refractivity contribution < 1.29 is 0 Å². The van der Waals surface area contributed by atoms with Crippen molar-refractivity contribution in [3.63, 3.8) is 0 Å². The Morgan fingerprint density at radius 3 is 2.80 bits per heavy atom. The molecular formula is C16H14N4. The van der Waals surface area contributed by atoms with Gasteiger partial charge in [0.15, 0.2) is 0 Å². The number of para-hydroxylation sites is 1. The number of aryl methyl sites for hydroxylation is 1. The summed E-state index contributed by atoms with van der Waals surface area (Å²) in [4.78, 5) is 3.33. The fraction of sp³-hybridized carbons (Fsp3) is 0.0625. The highest BCUT2D eigenvalue weighted by atomic mass is 14.9. The number of nitriles is 1. The quantitative estimate of drug-likeness (QED) is 0.616. The van der Waals surface area contributed by atoms with Crippen LogP contribution < -0.4 is 11.1 Å². The van der Waals surface area contributed by atoms with Crippen LogP contribution in [0.2, 0.25) is 0 Å². The number of aromatic nitrogens is 1. The summed E-state index contributed by atoms with van der Waals surface area (Å²) in [5, 5.41) is 13.4. The van der Waals surface area contributed by atoms with E-state index >= 15 is 0 Å². The van der Waals surface area contributed by atoms with Crippen molar-refractivity contribution in [2.24, 2.45) is 0 Å². The number of rotatable bonds is 2. The van der Waals surface area contributed by atoms with E-state index in [0.717, 1.165) is 28.0 Å². The molecule has 0 atom stereocenters. The normalized spacial score (nSPS) is 10.4. The second-order valence-corrected chi connectivity index (χ2v) is 4.71. The van der Waals surface area contributed by atoms with Crippen molar-refractivity contribution in [1.82, 2.24) is 4.98 Å². The molecule has 0 spiro atoms. The third kappa shape index (κ3) is 1.95. The molecule has 3 rings (SSSR count). The minimum Gasteiger partial charge on any atom is -0.397 e. The lowest BCUT2D eigenvalue weighted by atomic mass is 10.1. The largest absolute Gasteiger partial charge is 0.397 e. The number of nitrogens with two attached hydrogens (primary N) is 1. The highest BCUT2D eigenvalue weighted by Crippen LogP contribution is 2.32. The molecule has 4 N–H and O–H groups in total. The number of benzene rings is 2. The van der Waals surface area contributed by atoms with Crippen molar-refractivity contribution in [1.29, 1.82) is 5.26 Å². The molecule has 3 aromatic rings. The molecule has 0 saturated heterocycles. The van der Waals surface area contributed by atoms with Gasteiger partial charge in [0.2, 0.25) is 0 Å². The van der Waals surface area contributed by atoms with E-state index in [0.29, 0.717) is 11.3 Å². The van der Waals surface area contributed by atoms with Gasteiger partial charge in [0.25, 0.3) is 0 Å². The molecule has 20 heavy (non-hydrogen) atoms. The lowest BCUT2D eigenvalue weighted by molar-refractivity contribution is 1.29. The van der Waals surface area contributed by atoms with E-state index in [9.17, 15) is 0 Å². The van der Waals surface area contributed by atoms with Crippen LogP contribution in [0.3, 0.4) is 0 Å². The van der Waals surface area contributed by atoms with Gasteiger partial charge in [0.05, 0.1) is 28.7 Å². The molecule has 1 aromatic heterocycles. The van der Waals surface area contributed by atoms with E-state index in [1.54, 1.807) is 18.2 Å². The van der Waals surface area contributed by atoms with Crippen LogP contribution in [0.1, 0.15) is 11.3 Å². The predicted octanol–water partition coefficient (Wildman–Crippen LogP) is 3.67. The molecule has 0 saturated carbocycles. The van der Waals surface area contributed by atoms with Crippen LogP contribution in [-0.4, -0.2) is 4.98 Å². The van der Waals surface area contributed by atoms with Crippen LogP contribution in [-0.2, 0) is 0 Å². The van der Waals surface area contributed by atoms with Crippen LogP contribution in [0.25, 0.3) is 10.9 Å². The van der Waals surface area contributed by atoms with E-state index in [-0.39, 0.29) is 0 Å². The fourth-order valence-corrected chi connectivity index (χ4v) is 2.31. The average molecular weight is 262 g/mol. The summed E-state index contributed by atoms with van der Waals surface area (Å²) >= 11 is 0. The van der Waals surface area contributed by atoms with Crippen molar-refractivity contribution in [3.05, 3.63) is 53.7 Å². The van der Waals surface area contributed by atoms with Gasteiger partial charge in [0.1, 0.15) is 0 Å². The van der Waals surface area contributed by atoms with Crippen molar-refractivity contribution in [2.45, 2.75) is 6.92 Å². The number of nitrogens with one attached hydrogen (secondary N) is 2. The lowest BCUT2D eigenvalue weighted by Gasteiger charge is -2.10. The Balaban J connectivity index is 2.10. The molecule has 0 bridgehead atoms. The molecule has 0 aliphatic heterocycles. The molecule has 0 amide bonds. The molecule has 0 unspecified atom stereocenters. The molecule has 4 heteroatoms. The van der Waals surface area contributed by atoms with Crippen molar-refractivity contribution in [2.75, 3.05) is 11.1 Å². The number of nitrogen functional groups attached to an aromatic ring is 1. The second kappa shape index (κ2) is 4.63. The van der Waals surface area contributed by atoms with Gasteiger partial charge in [-0.15, -0.1) is 0 Å². The van der Waals surface area contributed by atoms with Crippen LogP contribution in [0, 0.1) is 18.3 Å². The van der Waals surface area contributed by atoms with E-state index in [4.69, 9.17) is 11.0 Å². The van der Waals surface area contributed by atoms with Gasteiger partial charge in [0, 0.05) is 16.6 Å². The smallest absolute Gasteiger partial charge is 0.0992 e. The molecule has 0 aliphatic carbocycles. The van der Waals surface area contributed by atoms with E-state index < -0.39 is 0 Å². The highest BCUT2D eigenvalue weighted by molar-refractivity contribution is 5.97. The van der Waals surface area contributed by atoms with Gasteiger partial charge in [-0.3, -0.25) is 0 Å². The maximum atomic E-state index is 8.98. The Morgan fingerprint density at radius 2 is 2.00 bits per heavy atom. The molecule has 4 nitrogen and oxygen atoms in total. The summed E-state index contributed by atoms with van der Waals surface area (Å²) < 4.78 is 0. The Hall–Kier alpha value is -2.93. The average Bonchev–Trinajstić information content (AvgIpc) is 2.77. The van der Waals surface area contributed by atoms with Gasteiger partial charge in [-0.1, -0.05) is 18.2 Å². The number of hydrogen-bond donors (Lipinski definition) is 3. The first-order chi connectivity index (χ1) is 9.69. The summed E-state index contributed by atoms with van der Waals surface area (Å²) in [6.45, 7) is 2.01. The molecule has 98 valence electrons. The first-order valence-electron chi connectivity index (χ1n) is 6.33. The van der Waals surface area contributed by atoms with Gasteiger partial charge in [-0.25, -0.2) is 0 Å². The molecule has 0 radical (unpaired) electrons. The number of H-pyrrole nitrogens is 1. The van der Waals surface area contributed by atoms with Gasteiger partial charge in [-0.2, -0.15) is 5.26 Å². The summed E-state index contributed by atoms with van der Waals surface area (Å²) in [5.74, 6) is 0. The number of aromatic amines is 1. The third-order valence-electron chi connectivity index (χ3n) is 3.34. The maximum absolute atomic E-state index is 8.98. The number of anilines is 3. The van der Waals surface area contributed by atoms with Crippen LogP contribution in [0.4, 0.5) is 17.1 Å². The molecular weight excluding hydrogens is 248 g/mol. The molecule has 0 aliphatic rings. The Labute approximate surface area is 116 Å².